The van der Waals surface area contributed by atoms with Crippen molar-refractivity contribution >= 4 is 22.9 Å². The second-order valence-electron chi connectivity index (χ2n) is 4.04. The molecule has 0 aliphatic rings. The number of nitrogens with zero attached hydrogens (tertiary/aromatic N) is 2. The van der Waals surface area contributed by atoms with Crippen molar-refractivity contribution in [3.63, 3.8) is 0 Å². The molecule has 0 bridgehead atoms. The maximum Gasteiger partial charge on any atom is 0.121 e. The van der Waals surface area contributed by atoms with Crippen molar-refractivity contribution in [2.45, 2.75) is 26.2 Å². The Labute approximate surface area is 111 Å². The van der Waals surface area contributed by atoms with Crippen LogP contribution in [0.3, 0.4) is 0 Å². The highest BCUT2D eigenvalue weighted by molar-refractivity contribution is 7.11. The fourth-order valence-electron chi connectivity index (χ4n) is 1.56. The van der Waals surface area contributed by atoms with Gasteiger partial charge in [-0.25, -0.2) is 0 Å². The summed E-state index contributed by atoms with van der Waals surface area (Å²) in [6.45, 7) is 2.10. The van der Waals surface area contributed by atoms with Crippen molar-refractivity contribution < 1.29 is 0 Å². The molecular formula is C13H15ClN2S. The number of hydrogen-bond donors (Lipinski definition) is 0. The zero-order valence-electron chi connectivity index (χ0n) is 9.82. The molecule has 90 valence electrons. The molecule has 2 aromatic rings. The van der Waals surface area contributed by atoms with Gasteiger partial charge in [0.25, 0.3) is 0 Å². The van der Waals surface area contributed by atoms with E-state index in [1.165, 1.54) is 11.1 Å². The fraction of sp³-hybridized carbons (Fsp3) is 0.385. The van der Waals surface area contributed by atoms with Crippen LogP contribution < -0.4 is 0 Å². The Kier molecular flexibility index (Phi) is 4.51. The molecule has 0 radical (unpaired) electrons. The molecule has 0 atom stereocenters. The summed E-state index contributed by atoms with van der Waals surface area (Å²) >= 11 is 7.35. The highest BCUT2D eigenvalue weighted by Crippen LogP contribution is 2.16. The summed E-state index contributed by atoms with van der Waals surface area (Å²) in [5.74, 6) is 0.687. The van der Waals surface area contributed by atoms with E-state index in [0.717, 1.165) is 29.3 Å². The SMILES string of the molecule is Cc1ccc(Cc2nnc(CCCCl)s2)cc1. The summed E-state index contributed by atoms with van der Waals surface area (Å²) in [6.07, 6.45) is 2.79. The zero-order valence-corrected chi connectivity index (χ0v) is 11.4. The summed E-state index contributed by atoms with van der Waals surface area (Å²) in [7, 11) is 0. The van der Waals surface area contributed by atoms with Crippen LogP contribution in [0.25, 0.3) is 0 Å². The second-order valence-corrected chi connectivity index (χ2v) is 5.57. The highest BCUT2D eigenvalue weighted by Gasteiger charge is 2.04. The molecule has 1 aromatic heterocycles. The average molecular weight is 267 g/mol. The summed E-state index contributed by atoms with van der Waals surface area (Å²) < 4.78 is 0. The van der Waals surface area contributed by atoms with Crippen molar-refractivity contribution in [2.24, 2.45) is 0 Å². The first-order chi connectivity index (χ1) is 8.28. The van der Waals surface area contributed by atoms with Crippen molar-refractivity contribution in [1.29, 1.82) is 0 Å². The van der Waals surface area contributed by atoms with Crippen LogP contribution in [0, 0.1) is 6.92 Å². The first-order valence-electron chi connectivity index (χ1n) is 5.70. The first-order valence-corrected chi connectivity index (χ1v) is 7.06. The lowest BCUT2D eigenvalue weighted by Gasteiger charge is -1.97. The van der Waals surface area contributed by atoms with Gasteiger partial charge in [0.1, 0.15) is 10.0 Å². The molecule has 0 amide bonds. The minimum Gasteiger partial charge on any atom is -0.144 e. The lowest BCUT2D eigenvalue weighted by molar-refractivity contribution is 0.873. The number of aromatic nitrogens is 2. The quantitative estimate of drug-likeness (QED) is 0.773. The first kappa shape index (κ1) is 12.5. The topological polar surface area (TPSA) is 25.8 Å². The van der Waals surface area contributed by atoms with E-state index < -0.39 is 0 Å². The van der Waals surface area contributed by atoms with Crippen molar-refractivity contribution in [3.05, 3.63) is 45.4 Å². The predicted octanol–water partition coefficient (Wildman–Crippen LogP) is 3.61. The number of halogens is 1. The third kappa shape index (κ3) is 3.79. The van der Waals surface area contributed by atoms with E-state index in [0.29, 0.717) is 5.88 Å². The fourth-order valence-corrected chi connectivity index (χ4v) is 2.61. The minimum absolute atomic E-state index is 0.687. The maximum absolute atomic E-state index is 5.66. The Bertz CT molecular complexity index is 465. The number of hydrogen-bond acceptors (Lipinski definition) is 3. The van der Waals surface area contributed by atoms with Gasteiger partial charge in [-0.1, -0.05) is 29.8 Å². The molecule has 2 rings (SSSR count). The number of rotatable bonds is 5. The molecule has 0 saturated heterocycles. The van der Waals surface area contributed by atoms with E-state index in [2.05, 4.69) is 41.4 Å². The van der Waals surface area contributed by atoms with Gasteiger partial charge in [0, 0.05) is 18.7 Å². The largest absolute Gasteiger partial charge is 0.144 e. The van der Waals surface area contributed by atoms with Gasteiger partial charge in [0.05, 0.1) is 0 Å². The average Bonchev–Trinajstić information content (AvgIpc) is 2.77. The molecular weight excluding hydrogens is 252 g/mol. The van der Waals surface area contributed by atoms with Gasteiger partial charge in [0.15, 0.2) is 0 Å². The number of aryl methyl sites for hydroxylation is 2. The molecule has 0 N–H and O–H groups in total. The van der Waals surface area contributed by atoms with Gasteiger partial charge in [-0.2, -0.15) is 0 Å². The van der Waals surface area contributed by atoms with E-state index in [1.807, 2.05) is 0 Å². The van der Waals surface area contributed by atoms with Crippen LogP contribution in [-0.4, -0.2) is 16.1 Å². The summed E-state index contributed by atoms with van der Waals surface area (Å²) in [5, 5.41) is 10.6. The van der Waals surface area contributed by atoms with Crippen molar-refractivity contribution in [3.8, 4) is 0 Å². The van der Waals surface area contributed by atoms with Crippen LogP contribution in [0.2, 0.25) is 0 Å². The third-order valence-corrected chi connectivity index (χ3v) is 3.76. The number of benzene rings is 1. The monoisotopic (exact) mass is 266 g/mol. The Morgan fingerprint density at radius 2 is 1.82 bits per heavy atom. The van der Waals surface area contributed by atoms with Crippen LogP contribution in [0.15, 0.2) is 24.3 Å². The van der Waals surface area contributed by atoms with Gasteiger partial charge in [-0.05, 0) is 18.9 Å². The maximum atomic E-state index is 5.66. The lowest BCUT2D eigenvalue weighted by Crippen LogP contribution is -1.87. The normalized spacial score (nSPS) is 10.7. The predicted molar refractivity (Wildman–Crippen MR) is 72.9 cm³/mol. The van der Waals surface area contributed by atoms with Gasteiger partial charge >= 0.3 is 0 Å². The van der Waals surface area contributed by atoms with Gasteiger partial charge in [0.2, 0.25) is 0 Å². The third-order valence-electron chi connectivity index (χ3n) is 2.51. The van der Waals surface area contributed by atoms with E-state index in [-0.39, 0.29) is 0 Å². The molecule has 2 nitrogen and oxygen atoms in total. The summed E-state index contributed by atoms with van der Waals surface area (Å²) in [5.41, 5.74) is 2.57. The zero-order chi connectivity index (χ0) is 12.1. The molecule has 0 fully saturated rings. The molecule has 4 heteroatoms. The Morgan fingerprint density at radius 1 is 1.12 bits per heavy atom. The van der Waals surface area contributed by atoms with E-state index in [4.69, 9.17) is 11.6 Å². The Morgan fingerprint density at radius 3 is 2.53 bits per heavy atom. The van der Waals surface area contributed by atoms with Crippen LogP contribution in [0.5, 0.6) is 0 Å². The molecule has 0 unspecified atom stereocenters. The van der Waals surface area contributed by atoms with Gasteiger partial charge in [-0.3, -0.25) is 0 Å². The molecule has 0 saturated carbocycles. The highest BCUT2D eigenvalue weighted by atomic mass is 35.5. The molecule has 0 aliphatic carbocycles. The molecule has 0 spiro atoms. The van der Waals surface area contributed by atoms with E-state index in [1.54, 1.807) is 11.3 Å². The smallest absolute Gasteiger partial charge is 0.121 e. The Hall–Kier alpha value is -0.930. The molecule has 17 heavy (non-hydrogen) atoms. The van der Waals surface area contributed by atoms with Crippen molar-refractivity contribution in [2.75, 3.05) is 5.88 Å². The second kappa shape index (κ2) is 6.12. The van der Waals surface area contributed by atoms with Crippen LogP contribution in [-0.2, 0) is 12.8 Å². The van der Waals surface area contributed by atoms with E-state index >= 15 is 0 Å². The van der Waals surface area contributed by atoms with Gasteiger partial charge in [-0.15, -0.1) is 33.1 Å². The Balaban J connectivity index is 1.98. The summed E-state index contributed by atoms with van der Waals surface area (Å²) in [4.78, 5) is 0. The minimum atomic E-state index is 0.687. The van der Waals surface area contributed by atoms with Crippen LogP contribution in [0.1, 0.15) is 27.6 Å². The van der Waals surface area contributed by atoms with Crippen LogP contribution >= 0.6 is 22.9 Å². The summed E-state index contributed by atoms with van der Waals surface area (Å²) in [6, 6.07) is 8.56. The van der Waals surface area contributed by atoms with Crippen molar-refractivity contribution in [1.82, 2.24) is 10.2 Å². The number of alkyl halides is 1. The standard InChI is InChI=1S/C13H15ClN2S/c1-10-4-6-11(7-5-10)9-13-16-15-12(17-13)3-2-8-14/h4-7H,2-3,8-9H2,1H3. The van der Waals surface area contributed by atoms with Crippen LogP contribution in [0.4, 0.5) is 0 Å². The molecule has 1 aromatic carbocycles. The van der Waals surface area contributed by atoms with Gasteiger partial charge < -0.3 is 0 Å². The lowest BCUT2D eigenvalue weighted by atomic mass is 10.1. The molecule has 1 heterocycles. The molecule has 0 aliphatic heterocycles. The van der Waals surface area contributed by atoms with E-state index in [9.17, 15) is 0 Å².